The van der Waals surface area contributed by atoms with E-state index in [0.717, 1.165) is 0 Å². The molecule has 0 saturated carbocycles. The smallest absolute Gasteiger partial charge is 0.408 e. The number of phenols is 1. The van der Waals surface area contributed by atoms with Gasteiger partial charge in [0.25, 0.3) is 0 Å². The largest absolute Gasteiger partial charge is 0.508 e. The van der Waals surface area contributed by atoms with Crippen molar-refractivity contribution >= 4 is 17.7 Å². The first-order chi connectivity index (χ1) is 8.74. The first-order valence-electron chi connectivity index (χ1n) is 5.91. The standard InChI is InChI=1S/C13H19ClN2O3/c1-13(2,3)19-12(18)16-9(7-15)11-8(14)5-4-6-10(11)17/h4-6,9,17H,7,15H2,1-3H3,(H,16,18). The lowest BCUT2D eigenvalue weighted by Crippen LogP contribution is -2.37. The summed E-state index contributed by atoms with van der Waals surface area (Å²) in [6, 6.07) is 4.11. The lowest BCUT2D eigenvalue weighted by atomic mass is 10.1. The minimum Gasteiger partial charge on any atom is -0.508 e. The Morgan fingerprint density at radius 1 is 1.53 bits per heavy atom. The molecule has 1 unspecified atom stereocenters. The van der Waals surface area contributed by atoms with E-state index in [9.17, 15) is 9.90 Å². The molecule has 1 rings (SSSR count). The van der Waals surface area contributed by atoms with Crippen LogP contribution in [-0.4, -0.2) is 23.3 Å². The van der Waals surface area contributed by atoms with Crippen molar-refractivity contribution in [2.45, 2.75) is 32.4 Å². The van der Waals surface area contributed by atoms with Crippen molar-refractivity contribution in [1.29, 1.82) is 0 Å². The Bertz CT molecular complexity index is 437. The highest BCUT2D eigenvalue weighted by Crippen LogP contribution is 2.31. The van der Waals surface area contributed by atoms with Crippen LogP contribution in [0.15, 0.2) is 18.2 Å². The molecule has 0 spiro atoms. The lowest BCUT2D eigenvalue weighted by Gasteiger charge is -2.24. The number of phenolic OH excluding ortho intramolecular Hbond substituents is 1. The third kappa shape index (κ3) is 4.61. The van der Waals surface area contributed by atoms with Gasteiger partial charge in [0, 0.05) is 17.1 Å². The molecule has 1 amide bonds. The van der Waals surface area contributed by atoms with Gasteiger partial charge in [-0.1, -0.05) is 17.7 Å². The Labute approximate surface area is 117 Å². The molecule has 0 aliphatic rings. The van der Waals surface area contributed by atoms with Crippen molar-refractivity contribution in [3.63, 3.8) is 0 Å². The van der Waals surface area contributed by atoms with Gasteiger partial charge in [0.1, 0.15) is 11.4 Å². The van der Waals surface area contributed by atoms with Gasteiger partial charge < -0.3 is 20.9 Å². The maximum atomic E-state index is 11.7. The zero-order valence-electron chi connectivity index (χ0n) is 11.2. The zero-order chi connectivity index (χ0) is 14.6. The highest BCUT2D eigenvalue weighted by Gasteiger charge is 2.23. The molecule has 19 heavy (non-hydrogen) atoms. The number of nitrogens with one attached hydrogen (secondary N) is 1. The van der Waals surface area contributed by atoms with Gasteiger partial charge in [-0.25, -0.2) is 4.79 Å². The Balaban J connectivity index is 2.87. The Hall–Kier alpha value is -1.46. The third-order valence-corrected chi connectivity index (χ3v) is 2.63. The van der Waals surface area contributed by atoms with Crippen LogP contribution in [0.1, 0.15) is 32.4 Å². The first kappa shape index (κ1) is 15.6. The third-order valence-electron chi connectivity index (χ3n) is 2.31. The monoisotopic (exact) mass is 286 g/mol. The summed E-state index contributed by atoms with van der Waals surface area (Å²) >= 11 is 6.01. The van der Waals surface area contributed by atoms with E-state index in [1.807, 2.05) is 0 Å². The molecule has 106 valence electrons. The number of amides is 1. The van der Waals surface area contributed by atoms with Crippen molar-refractivity contribution in [2.75, 3.05) is 6.54 Å². The molecule has 0 aliphatic carbocycles. The highest BCUT2D eigenvalue weighted by atomic mass is 35.5. The van der Waals surface area contributed by atoms with Crippen molar-refractivity contribution < 1.29 is 14.6 Å². The van der Waals surface area contributed by atoms with Gasteiger partial charge in [0.2, 0.25) is 0 Å². The number of carbonyl (C=O) groups excluding carboxylic acids is 1. The van der Waals surface area contributed by atoms with Gasteiger partial charge in [-0.05, 0) is 32.9 Å². The van der Waals surface area contributed by atoms with Crippen LogP contribution in [0.2, 0.25) is 5.02 Å². The summed E-state index contributed by atoms with van der Waals surface area (Å²) in [6.07, 6.45) is -0.609. The molecule has 4 N–H and O–H groups in total. The molecule has 5 nitrogen and oxygen atoms in total. The summed E-state index contributed by atoms with van der Waals surface area (Å²) in [6.45, 7) is 5.38. The van der Waals surface area contributed by atoms with Crippen LogP contribution < -0.4 is 11.1 Å². The minimum absolute atomic E-state index is 0.0148. The van der Waals surface area contributed by atoms with E-state index in [-0.39, 0.29) is 12.3 Å². The zero-order valence-corrected chi connectivity index (χ0v) is 12.0. The number of benzene rings is 1. The summed E-state index contributed by atoms with van der Waals surface area (Å²) < 4.78 is 5.14. The summed E-state index contributed by atoms with van der Waals surface area (Å²) in [5, 5.41) is 12.7. The first-order valence-corrected chi connectivity index (χ1v) is 6.29. The average Bonchev–Trinajstić information content (AvgIpc) is 2.24. The number of halogens is 1. The quantitative estimate of drug-likeness (QED) is 0.797. The molecular formula is C13H19ClN2O3. The van der Waals surface area contributed by atoms with Gasteiger partial charge in [-0.15, -0.1) is 0 Å². The SMILES string of the molecule is CC(C)(C)OC(=O)NC(CN)c1c(O)cccc1Cl. The maximum absolute atomic E-state index is 11.7. The minimum atomic E-state index is -0.609. The number of carbonyl (C=O) groups is 1. The summed E-state index contributed by atoms with van der Waals surface area (Å²) in [5.41, 5.74) is 5.40. The van der Waals surface area contributed by atoms with Gasteiger partial charge in [-0.3, -0.25) is 0 Å². The second-order valence-electron chi connectivity index (χ2n) is 5.11. The van der Waals surface area contributed by atoms with Crippen molar-refractivity contribution in [2.24, 2.45) is 5.73 Å². The molecule has 0 fully saturated rings. The molecule has 1 atom stereocenters. The van der Waals surface area contributed by atoms with Gasteiger partial charge >= 0.3 is 6.09 Å². The van der Waals surface area contributed by atoms with Crippen LogP contribution in [0.3, 0.4) is 0 Å². The number of rotatable bonds is 3. The van der Waals surface area contributed by atoms with Crippen LogP contribution in [0.5, 0.6) is 5.75 Å². The van der Waals surface area contributed by atoms with Crippen LogP contribution in [0.4, 0.5) is 4.79 Å². The fourth-order valence-electron chi connectivity index (χ4n) is 1.57. The van der Waals surface area contributed by atoms with E-state index < -0.39 is 17.7 Å². The summed E-state index contributed by atoms with van der Waals surface area (Å²) in [7, 11) is 0. The Morgan fingerprint density at radius 3 is 2.63 bits per heavy atom. The fourth-order valence-corrected chi connectivity index (χ4v) is 1.87. The highest BCUT2D eigenvalue weighted by molar-refractivity contribution is 6.31. The van der Waals surface area contributed by atoms with Crippen LogP contribution in [0, 0.1) is 0 Å². The predicted octanol–water partition coefficient (Wildman–Crippen LogP) is 2.57. The van der Waals surface area contributed by atoms with Crippen molar-refractivity contribution in [3.8, 4) is 5.75 Å². The molecule has 6 heteroatoms. The number of nitrogens with two attached hydrogens (primary N) is 1. The van der Waals surface area contributed by atoms with Crippen LogP contribution in [0.25, 0.3) is 0 Å². The van der Waals surface area contributed by atoms with Crippen LogP contribution >= 0.6 is 11.6 Å². The summed E-state index contributed by atoms with van der Waals surface area (Å²) in [5.74, 6) is -0.0148. The average molecular weight is 287 g/mol. The van der Waals surface area contributed by atoms with Gasteiger partial charge in [-0.2, -0.15) is 0 Å². The topological polar surface area (TPSA) is 84.6 Å². The molecule has 0 aromatic heterocycles. The number of hydrogen-bond donors (Lipinski definition) is 3. The second-order valence-corrected chi connectivity index (χ2v) is 5.51. The van der Waals surface area contributed by atoms with E-state index in [0.29, 0.717) is 10.6 Å². The van der Waals surface area contributed by atoms with Crippen LogP contribution in [-0.2, 0) is 4.74 Å². The Morgan fingerprint density at radius 2 is 2.16 bits per heavy atom. The molecule has 0 bridgehead atoms. The molecule has 0 radical (unpaired) electrons. The maximum Gasteiger partial charge on any atom is 0.408 e. The molecule has 1 aromatic rings. The summed E-state index contributed by atoms with van der Waals surface area (Å²) in [4.78, 5) is 11.7. The van der Waals surface area contributed by atoms with Crippen molar-refractivity contribution in [1.82, 2.24) is 5.32 Å². The molecular weight excluding hydrogens is 268 g/mol. The Kier molecular flexibility index (Phi) is 5.03. The number of hydrogen-bond acceptors (Lipinski definition) is 4. The fraction of sp³-hybridized carbons (Fsp3) is 0.462. The number of aromatic hydroxyl groups is 1. The predicted molar refractivity (Wildman–Crippen MR) is 74.3 cm³/mol. The number of alkyl carbamates (subject to hydrolysis) is 1. The molecule has 1 aromatic carbocycles. The molecule has 0 saturated heterocycles. The number of ether oxygens (including phenoxy) is 1. The van der Waals surface area contributed by atoms with E-state index in [1.165, 1.54) is 6.07 Å². The molecule has 0 aliphatic heterocycles. The van der Waals surface area contributed by atoms with Gasteiger partial charge in [0.05, 0.1) is 6.04 Å². The normalized spacial score (nSPS) is 12.9. The molecule has 0 heterocycles. The van der Waals surface area contributed by atoms with E-state index in [1.54, 1.807) is 32.9 Å². The van der Waals surface area contributed by atoms with E-state index >= 15 is 0 Å². The van der Waals surface area contributed by atoms with Crippen molar-refractivity contribution in [3.05, 3.63) is 28.8 Å². The second kappa shape index (κ2) is 6.12. The van der Waals surface area contributed by atoms with E-state index in [2.05, 4.69) is 5.32 Å². The lowest BCUT2D eigenvalue weighted by molar-refractivity contribution is 0.0505. The van der Waals surface area contributed by atoms with E-state index in [4.69, 9.17) is 22.1 Å². The van der Waals surface area contributed by atoms with Gasteiger partial charge in [0.15, 0.2) is 0 Å².